The zero-order valence-corrected chi connectivity index (χ0v) is 10.3. The first-order valence-electron chi connectivity index (χ1n) is 6.36. The van der Waals surface area contributed by atoms with E-state index >= 15 is 0 Å². The van der Waals surface area contributed by atoms with E-state index in [2.05, 4.69) is 24.1 Å². The Balaban J connectivity index is 1.87. The Bertz CT molecular complexity index is 147. The SMILES string of the molecule is CCC(C)NCCCCN1CCOCC1. The monoisotopic (exact) mass is 214 g/mol. The molecule has 1 N–H and O–H groups in total. The summed E-state index contributed by atoms with van der Waals surface area (Å²) < 4.78 is 5.32. The van der Waals surface area contributed by atoms with Gasteiger partial charge in [-0.1, -0.05) is 6.92 Å². The lowest BCUT2D eigenvalue weighted by molar-refractivity contribution is 0.0372. The third kappa shape index (κ3) is 6.13. The topological polar surface area (TPSA) is 24.5 Å². The Kier molecular flexibility index (Phi) is 6.98. The molecule has 0 spiro atoms. The number of hydrogen-bond acceptors (Lipinski definition) is 3. The Hall–Kier alpha value is -0.120. The van der Waals surface area contributed by atoms with Gasteiger partial charge < -0.3 is 10.1 Å². The molecule has 1 atom stereocenters. The predicted octanol–water partition coefficient (Wildman–Crippen LogP) is 1.49. The Morgan fingerprint density at radius 3 is 2.67 bits per heavy atom. The molecule has 1 heterocycles. The lowest BCUT2D eigenvalue weighted by Gasteiger charge is -2.26. The maximum atomic E-state index is 5.32. The standard InChI is InChI=1S/C12H26N2O/c1-3-12(2)13-6-4-5-7-14-8-10-15-11-9-14/h12-13H,3-11H2,1-2H3. The summed E-state index contributed by atoms with van der Waals surface area (Å²) in [6.45, 7) is 11.0. The predicted molar refractivity (Wildman–Crippen MR) is 64.2 cm³/mol. The molecule has 1 aliphatic heterocycles. The lowest BCUT2D eigenvalue weighted by atomic mass is 10.2. The van der Waals surface area contributed by atoms with E-state index in [0.717, 1.165) is 26.3 Å². The maximum Gasteiger partial charge on any atom is 0.0594 e. The first-order valence-corrected chi connectivity index (χ1v) is 6.36. The highest BCUT2D eigenvalue weighted by molar-refractivity contribution is 4.63. The fourth-order valence-electron chi connectivity index (χ4n) is 1.78. The summed E-state index contributed by atoms with van der Waals surface area (Å²) in [6, 6.07) is 0.674. The Morgan fingerprint density at radius 2 is 2.00 bits per heavy atom. The van der Waals surface area contributed by atoms with E-state index in [1.165, 1.54) is 32.4 Å². The van der Waals surface area contributed by atoms with E-state index in [-0.39, 0.29) is 0 Å². The van der Waals surface area contributed by atoms with Crippen LogP contribution in [0.1, 0.15) is 33.1 Å². The molecule has 0 saturated carbocycles. The van der Waals surface area contributed by atoms with Crippen molar-refractivity contribution in [1.82, 2.24) is 10.2 Å². The van der Waals surface area contributed by atoms with E-state index in [1.54, 1.807) is 0 Å². The molecule has 1 fully saturated rings. The molecule has 1 saturated heterocycles. The van der Waals surface area contributed by atoms with Gasteiger partial charge in [-0.2, -0.15) is 0 Å². The van der Waals surface area contributed by atoms with Gasteiger partial charge in [0.2, 0.25) is 0 Å². The highest BCUT2D eigenvalue weighted by Gasteiger charge is 2.08. The fraction of sp³-hybridized carbons (Fsp3) is 1.00. The largest absolute Gasteiger partial charge is 0.379 e. The van der Waals surface area contributed by atoms with Crippen LogP contribution in [0.15, 0.2) is 0 Å². The molecular weight excluding hydrogens is 188 g/mol. The quantitative estimate of drug-likeness (QED) is 0.650. The molecule has 0 bridgehead atoms. The van der Waals surface area contributed by atoms with Crippen LogP contribution in [0.4, 0.5) is 0 Å². The zero-order valence-electron chi connectivity index (χ0n) is 10.3. The molecule has 0 radical (unpaired) electrons. The molecule has 3 heteroatoms. The van der Waals surface area contributed by atoms with E-state index in [0.29, 0.717) is 6.04 Å². The van der Waals surface area contributed by atoms with Crippen LogP contribution in [0.25, 0.3) is 0 Å². The van der Waals surface area contributed by atoms with Gasteiger partial charge in [-0.15, -0.1) is 0 Å². The van der Waals surface area contributed by atoms with Gasteiger partial charge in [-0.05, 0) is 39.3 Å². The van der Waals surface area contributed by atoms with Gasteiger partial charge in [0.1, 0.15) is 0 Å². The van der Waals surface area contributed by atoms with Crippen LogP contribution in [0.3, 0.4) is 0 Å². The molecule has 0 aromatic heterocycles. The van der Waals surface area contributed by atoms with Crippen molar-refractivity contribution < 1.29 is 4.74 Å². The molecule has 0 aromatic carbocycles. The van der Waals surface area contributed by atoms with Crippen LogP contribution in [-0.2, 0) is 4.74 Å². The summed E-state index contributed by atoms with van der Waals surface area (Å²) >= 11 is 0. The molecule has 0 amide bonds. The normalized spacial score (nSPS) is 20.4. The minimum atomic E-state index is 0.674. The van der Waals surface area contributed by atoms with Gasteiger partial charge in [0.05, 0.1) is 13.2 Å². The van der Waals surface area contributed by atoms with E-state index in [9.17, 15) is 0 Å². The van der Waals surface area contributed by atoms with Crippen LogP contribution in [0.5, 0.6) is 0 Å². The second-order valence-corrected chi connectivity index (χ2v) is 4.42. The van der Waals surface area contributed by atoms with Crippen LogP contribution in [0, 0.1) is 0 Å². The molecule has 1 aliphatic rings. The number of ether oxygens (including phenoxy) is 1. The highest BCUT2D eigenvalue weighted by atomic mass is 16.5. The average molecular weight is 214 g/mol. The molecule has 0 aliphatic carbocycles. The van der Waals surface area contributed by atoms with Crippen molar-refractivity contribution in [3.63, 3.8) is 0 Å². The summed E-state index contributed by atoms with van der Waals surface area (Å²) in [7, 11) is 0. The number of morpholine rings is 1. The van der Waals surface area contributed by atoms with Gasteiger partial charge in [-0.25, -0.2) is 0 Å². The van der Waals surface area contributed by atoms with Gasteiger partial charge in [0, 0.05) is 19.1 Å². The van der Waals surface area contributed by atoms with Crippen LogP contribution in [-0.4, -0.2) is 50.3 Å². The third-order valence-corrected chi connectivity index (χ3v) is 3.11. The van der Waals surface area contributed by atoms with Crippen molar-refractivity contribution in [1.29, 1.82) is 0 Å². The molecule has 1 rings (SSSR count). The van der Waals surface area contributed by atoms with Crippen molar-refractivity contribution in [3.8, 4) is 0 Å². The van der Waals surface area contributed by atoms with Crippen molar-refractivity contribution in [3.05, 3.63) is 0 Å². The summed E-state index contributed by atoms with van der Waals surface area (Å²) in [6.07, 6.45) is 3.83. The van der Waals surface area contributed by atoms with Crippen molar-refractivity contribution in [2.45, 2.75) is 39.2 Å². The first kappa shape index (κ1) is 12.9. The molecule has 0 aromatic rings. The number of nitrogens with zero attached hydrogens (tertiary/aromatic N) is 1. The van der Waals surface area contributed by atoms with Crippen molar-refractivity contribution in [2.75, 3.05) is 39.4 Å². The minimum absolute atomic E-state index is 0.674. The highest BCUT2D eigenvalue weighted by Crippen LogP contribution is 1.99. The van der Waals surface area contributed by atoms with Gasteiger partial charge in [0.25, 0.3) is 0 Å². The smallest absolute Gasteiger partial charge is 0.0594 e. The van der Waals surface area contributed by atoms with Crippen LogP contribution >= 0.6 is 0 Å². The molecular formula is C12H26N2O. The Morgan fingerprint density at radius 1 is 1.27 bits per heavy atom. The second kappa shape index (κ2) is 8.08. The minimum Gasteiger partial charge on any atom is -0.379 e. The van der Waals surface area contributed by atoms with Gasteiger partial charge in [0.15, 0.2) is 0 Å². The Labute approximate surface area is 94.2 Å². The lowest BCUT2D eigenvalue weighted by Crippen LogP contribution is -2.37. The number of hydrogen-bond donors (Lipinski definition) is 1. The summed E-state index contributed by atoms with van der Waals surface area (Å²) in [5.74, 6) is 0. The third-order valence-electron chi connectivity index (χ3n) is 3.11. The summed E-state index contributed by atoms with van der Waals surface area (Å²) in [5, 5.41) is 3.53. The van der Waals surface area contributed by atoms with Crippen LogP contribution in [0.2, 0.25) is 0 Å². The molecule has 15 heavy (non-hydrogen) atoms. The van der Waals surface area contributed by atoms with Crippen molar-refractivity contribution >= 4 is 0 Å². The van der Waals surface area contributed by atoms with Crippen LogP contribution < -0.4 is 5.32 Å². The number of nitrogens with one attached hydrogen (secondary N) is 1. The zero-order chi connectivity index (χ0) is 10.9. The van der Waals surface area contributed by atoms with Gasteiger partial charge in [-0.3, -0.25) is 4.90 Å². The van der Waals surface area contributed by atoms with E-state index in [4.69, 9.17) is 4.74 Å². The van der Waals surface area contributed by atoms with E-state index < -0.39 is 0 Å². The first-order chi connectivity index (χ1) is 7.33. The van der Waals surface area contributed by atoms with E-state index in [1.807, 2.05) is 0 Å². The molecule has 3 nitrogen and oxygen atoms in total. The summed E-state index contributed by atoms with van der Waals surface area (Å²) in [5.41, 5.74) is 0. The average Bonchev–Trinajstić information content (AvgIpc) is 2.29. The molecule has 90 valence electrons. The molecule has 1 unspecified atom stereocenters. The van der Waals surface area contributed by atoms with Crippen molar-refractivity contribution in [2.24, 2.45) is 0 Å². The fourth-order valence-corrected chi connectivity index (χ4v) is 1.78. The van der Waals surface area contributed by atoms with Gasteiger partial charge >= 0.3 is 0 Å². The number of unbranched alkanes of at least 4 members (excludes halogenated alkanes) is 1. The maximum absolute atomic E-state index is 5.32. The number of rotatable bonds is 7. The second-order valence-electron chi connectivity index (χ2n) is 4.42. The summed E-state index contributed by atoms with van der Waals surface area (Å²) in [4.78, 5) is 2.51.